The lowest BCUT2D eigenvalue weighted by Gasteiger charge is -2.43. The minimum absolute atomic E-state index is 0.0231. The summed E-state index contributed by atoms with van der Waals surface area (Å²) in [4.78, 5) is 29.4. The molecule has 0 spiro atoms. The lowest BCUT2D eigenvalue weighted by Crippen LogP contribution is -2.66. The van der Waals surface area contributed by atoms with Gasteiger partial charge in [0.25, 0.3) is 8.32 Å². The summed E-state index contributed by atoms with van der Waals surface area (Å²) in [7, 11) is -0.217. The Morgan fingerprint density at radius 3 is 1.13 bits per heavy atom. The van der Waals surface area contributed by atoms with Crippen LogP contribution in [0.3, 0.4) is 0 Å². The maximum Gasteiger partial charge on any atom is 0.308 e. The molecule has 6 nitrogen and oxygen atoms in total. The van der Waals surface area contributed by atoms with Crippen LogP contribution in [0.5, 0.6) is 0 Å². The highest BCUT2D eigenvalue weighted by atomic mass is 28.4. The van der Waals surface area contributed by atoms with Gasteiger partial charge in [-0.2, -0.15) is 0 Å². The number of hydrogen-bond donors (Lipinski definition) is 0. The average molecular weight is 1000 g/mol. The number of hydrogen-bond acceptors (Lipinski definition) is 6. The highest BCUT2D eigenvalue weighted by Gasteiger charge is 2.50. The molecule has 0 bridgehead atoms. The second kappa shape index (κ2) is 38.1. The van der Waals surface area contributed by atoms with Gasteiger partial charge in [0.1, 0.15) is 0 Å². The Morgan fingerprint density at radius 2 is 0.789 bits per heavy atom. The van der Waals surface area contributed by atoms with Crippen LogP contribution in [-0.4, -0.2) is 64.6 Å². The van der Waals surface area contributed by atoms with Crippen molar-refractivity contribution in [3.63, 3.8) is 0 Å². The van der Waals surface area contributed by atoms with Crippen molar-refractivity contribution in [3.8, 4) is 0 Å². The van der Waals surface area contributed by atoms with Gasteiger partial charge in [-0.05, 0) is 93.2 Å². The predicted molar refractivity (Wildman–Crippen MR) is 304 cm³/mol. The molecule has 0 unspecified atom stereocenters. The molecule has 404 valence electrons. The minimum Gasteiger partial charge on any atom is -0.465 e. The Bertz CT molecular complexity index is 1470. The standard InChI is InChI=1S/C64H109NO5Si/c1-64(2,3)71(60-49-35-25-36-50-60,61-51-37-26-38-52-61)70-56-42-39-53-65(4)59(47-33-27-40-54-68-62(66)57-43-29-21-17-13-9-5-6-10-14-18-22-30-44-57)48-34-28-41-55-69-63(67)58-45-31-23-19-15-11-7-8-12-16-20-24-32-46-58/h25-26,35-38,49-52,57-59H,5-24,27-34,39-48,53-56H2,1-4H3. The number of carbonyl (C=O) groups is 2. The van der Waals surface area contributed by atoms with E-state index in [2.05, 4.69) is 93.4 Å². The lowest BCUT2D eigenvalue weighted by molar-refractivity contribution is -0.150. The molecular weight excluding hydrogens is 891 g/mol. The van der Waals surface area contributed by atoms with Crippen molar-refractivity contribution in [2.75, 3.05) is 33.4 Å². The van der Waals surface area contributed by atoms with Crippen molar-refractivity contribution in [1.29, 1.82) is 0 Å². The van der Waals surface area contributed by atoms with Gasteiger partial charge >= 0.3 is 11.9 Å². The highest BCUT2D eigenvalue weighted by molar-refractivity contribution is 6.99. The highest BCUT2D eigenvalue weighted by Crippen LogP contribution is 2.37. The van der Waals surface area contributed by atoms with Gasteiger partial charge in [-0.3, -0.25) is 9.59 Å². The van der Waals surface area contributed by atoms with Crippen molar-refractivity contribution in [2.24, 2.45) is 11.8 Å². The van der Waals surface area contributed by atoms with Crippen LogP contribution in [0.15, 0.2) is 60.7 Å². The predicted octanol–water partition coefficient (Wildman–Crippen LogP) is 17.0. The van der Waals surface area contributed by atoms with E-state index in [1.807, 2.05) is 0 Å². The van der Waals surface area contributed by atoms with Gasteiger partial charge in [0.2, 0.25) is 0 Å². The first kappa shape index (κ1) is 61.1. The summed E-state index contributed by atoms with van der Waals surface area (Å²) in [5.41, 5.74) is 0. The number of rotatable bonds is 23. The smallest absolute Gasteiger partial charge is 0.308 e. The van der Waals surface area contributed by atoms with Crippen LogP contribution in [0.1, 0.15) is 265 Å². The van der Waals surface area contributed by atoms with Crippen LogP contribution in [0.25, 0.3) is 0 Å². The summed E-state index contributed by atoms with van der Waals surface area (Å²) in [5, 5.41) is 2.66. The molecule has 2 aliphatic carbocycles. The molecule has 0 amide bonds. The maximum atomic E-state index is 13.4. The number of carbonyl (C=O) groups excluding carboxylic acids is 2. The summed E-state index contributed by atoms with van der Waals surface area (Å²) in [6.07, 6.45) is 46.2. The number of ether oxygens (including phenoxy) is 2. The normalized spacial score (nSPS) is 18.2. The molecule has 2 saturated carbocycles. The molecule has 2 aliphatic rings. The quantitative estimate of drug-likeness (QED) is 0.0628. The number of benzene rings is 2. The van der Waals surface area contributed by atoms with E-state index >= 15 is 0 Å². The van der Waals surface area contributed by atoms with E-state index in [-0.39, 0.29) is 28.8 Å². The van der Waals surface area contributed by atoms with Crippen LogP contribution >= 0.6 is 0 Å². The second-order valence-corrected chi connectivity index (χ2v) is 27.7. The number of nitrogens with zero attached hydrogens (tertiary/aromatic N) is 1. The Kier molecular flexibility index (Phi) is 32.8. The Hall–Kier alpha value is -2.48. The molecule has 0 aliphatic heterocycles. The molecule has 71 heavy (non-hydrogen) atoms. The molecule has 0 heterocycles. The summed E-state index contributed by atoms with van der Waals surface area (Å²) in [6.45, 7) is 10.0. The average Bonchev–Trinajstić information content (AvgIpc) is 3.39. The fourth-order valence-electron chi connectivity index (χ4n) is 12.0. The number of unbranched alkanes of at least 4 members (excludes halogenated alkanes) is 5. The van der Waals surface area contributed by atoms with Gasteiger partial charge in [0.05, 0.1) is 25.0 Å². The number of esters is 2. The molecule has 2 fully saturated rings. The van der Waals surface area contributed by atoms with E-state index in [1.54, 1.807) is 0 Å². The van der Waals surface area contributed by atoms with Gasteiger partial charge in [-0.1, -0.05) is 261 Å². The van der Waals surface area contributed by atoms with Gasteiger partial charge in [0.15, 0.2) is 0 Å². The molecule has 0 atom stereocenters. The molecule has 0 saturated heterocycles. The summed E-state index contributed by atoms with van der Waals surface area (Å²) >= 11 is 0. The van der Waals surface area contributed by atoms with Gasteiger partial charge in [0, 0.05) is 12.6 Å². The van der Waals surface area contributed by atoms with Crippen molar-refractivity contribution >= 4 is 30.6 Å². The van der Waals surface area contributed by atoms with Crippen molar-refractivity contribution in [2.45, 2.75) is 276 Å². The largest absolute Gasteiger partial charge is 0.465 e. The molecule has 2 aromatic carbocycles. The fraction of sp³-hybridized carbons (Fsp3) is 0.781. The van der Waals surface area contributed by atoms with Gasteiger partial charge < -0.3 is 18.8 Å². The SMILES string of the molecule is CN(CCCCO[Si](c1ccccc1)(c1ccccc1)C(C)(C)C)C(CCCCCOC(=O)C1CCCCCCCCCCCCCC1)CCCCCOC(=O)C1CCCCCCCCCCCCCC1. The molecule has 0 aromatic heterocycles. The zero-order valence-electron chi connectivity index (χ0n) is 46.7. The Morgan fingerprint density at radius 1 is 0.465 bits per heavy atom. The van der Waals surface area contributed by atoms with Crippen LogP contribution in [-0.2, 0) is 23.5 Å². The van der Waals surface area contributed by atoms with E-state index in [0.717, 1.165) is 129 Å². The Labute approximate surface area is 438 Å². The van der Waals surface area contributed by atoms with Crippen LogP contribution in [0.4, 0.5) is 0 Å². The second-order valence-electron chi connectivity index (χ2n) is 23.4. The molecule has 2 aromatic rings. The molecule has 4 rings (SSSR count). The third-order valence-electron chi connectivity index (χ3n) is 16.5. The first-order valence-electron chi connectivity index (χ1n) is 30.5. The van der Waals surface area contributed by atoms with Crippen LogP contribution in [0.2, 0.25) is 5.04 Å². The van der Waals surface area contributed by atoms with E-state index in [9.17, 15) is 9.59 Å². The first-order valence-corrected chi connectivity index (χ1v) is 32.4. The van der Waals surface area contributed by atoms with Crippen molar-refractivity contribution < 1.29 is 23.5 Å². The molecule has 0 radical (unpaired) electrons. The van der Waals surface area contributed by atoms with E-state index in [0.29, 0.717) is 19.3 Å². The fourth-order valence-corrected chi connectivity index (χ4v) is 16.6. The Balaban J connectivity index is 1.26. The zero-order chi connectivity index (χ0) is 50.5. The van der Waals surface area contributed by atoms with Crippen LogP contribution in [0, 0.1) is 11.8 Å². The van der Waals surface area contributed by atoms with Crippen molar-refractivity contribution in [1.82, 2.24) is 4.90 Å². The monoisotopic (exact) mass is 1000 g/mol. The maximum absolute atomic E-state index is 13.4. The lowest BCUT2D eigenvalue weighted by atomic mass is 9.94. The summed E-state index contributed by atoms with van der Waals surface area (Å²) < 4.78 is 19.3. The molecular formula is C64H109NO5Si. The zero-order valence-corrected chi connectivity index (χ0v) is 47.7. The summed E-state index contributed by atoms with van der Waals surface area (Å²) in [5.74, 6) is 0.303. The molecule has 0 N–H and O–H groups in total. The summed E-state index contributed by atoms with van der Waals surface area (Å²) in [6, 6.07) is 22.5. The van der Waals surface area contributed by atoms with E-state index in [4.69, 9.17) is 13.9 Å². The topological polar surface area (TPSA) is 65.1 Å². The first-order chi connectivity index (χ1) is 34.7. The third-order valence-corrected chi connectivity index (χ3v) is 21.5. The molecule has 7 heteroatoms. The van der Waals surface area contributed by atoms with Crippen molar-refractivity contribution in [3.05, 3.63) is 60.7 Å². The minimum atomic E-state index is -2.55. The van der Waals surface area contributed by atoms with E-state index < -0.39 is 8.32 Å². The van der Waals surface area contributed by atoms with Gasteiger partial charge in [-0.25, -0.2) is 0 Å². The van der Waals surface area contributed by atoms with Gasteiger partial charge in [-0.15, -0.1) is 0 Å². The van der Waals surface area contributed by atoms with E-state index in [1.165, 1.54) is 139 Å². The third kappa shape index (κ3) is 25.1. The van der Waals surface area contributed by atoms with Crippen LogP contribution < -0.4 is 10.4 Å².